The Labute approximate surface area is 77.2 Å². The van der Waals surface area contributed by atoms with Gasteiger partial charge in [-0.25, -0.2) is 9.97 Å². The van der Waals surface area contributed by atoms with Crippen molar-refractivity contribution >= 4 is 15.9 Å². The minimum absolute atomic E-state index is 0.589. The second kappa shape index (κ2) is 3.02. The standard InChI is InChI=1S/C7H5BrN4/c8-7-9-3-5(4-10-7)6-1-2-11-12-6/h1-4H,(H,11,12). The summed E-state index contributed by atoms with van der Waals surface area (Å²) in [5.41, 5.74) is 1.85. The quantitative estimate of drug-likeness (QED) is 0.750. The summed E-state index contributed by atoms with van der Waals surface area (Å²) in [7, 11) is 0. The van der Waals surface area contributed by atoms with Crippen LogP contribution in [0.1, 0.15) is 0 Å². The van der Waals surface area contributed by atoms with Crippen molar-refractivity contribution in [2.45, 2.75) is 0 Å². The fourth-order valence-electron chi connectivity index (χ4n) is 0.868. The molecule has 0 aliphatic heterocycles. The fourth-order valence-corrected chi connectivity index (χ4v) is 1.07. The normalized spacial score (nSPS) is 10.1. The van der Waals surface area contributed by atoms with E-state index in [9.17, 15) is 0 Å². The van der Waals surface area contributed by atoms with E-state index < -0.39 is 0 Å². The molecule has 0 spiro atoms. The molecule has 0 fully saturated rings. The van der Waals surface area contributed by atoms with Crippen LogP contribution >= 0.6 is 15.9 Å². The second-order valence-corrected chi connectivity index (χ2v) is 2.92. The van der Waals surface area contributed by atoms with Crippen LogP contribution in [0, 0.1) is 0 Å². The molecule has 2 aromatic heterocycles. The number of hydrogen-bond donors (Lipinski definition) is 1. The molecule has 0 aromatic carbocycles. The Kier molecular flexibility index (Phi) is 1.87. The molecule has 2 aromatic rings. The molecule has 2 rings (SSSR count). The lowest BCUT2D eigenvalue weighted by atomic mass is 10.2. The first kappa shape index (κ1) is 7.42. The molecule has 60 valence electrons. The highest BCUT2D eigenvalue weighted by Gasteiger charge is 1.98. The van der Waals surface area contributed by atoms with E-state index in [0.717, 1.165) is 11.3 Å². The van der Waals surface area contributed by atoms with Gasteiger partial charge < -0.3 is 0 Å². The molecule has 4 nitrogen and oxygen atoms in total. The molecular formula is C7H5BrN4. The first-order valence-electron chi connectivity index (χ1n) is 3.33. The Morgan fingerprint density at radius 1 is 1.25 bits per heavy atom. The van der Waals surface area contributed by atoms with Gasteiger partial charge in [-0.05, 0) is 22.0 Å². The molecule has 0 saturated carbocycles. The monoisotopic (exact) mass is 224 g/mol. The Bertz CT molecular complexity index is 353. The minimum Gasteiger partial charge on any atom is -0.278 e. The maximum Gasteiger partial charge on any atom is 0.196 e. The van der Waals surface area contributed by atoms with E-state index >= 15 is 0 Å². The van der Waals surface area contributed by atoms with Crippen LogP contribution in [0.3, 0.4) is 0 Å². The maximum absolute atomic E-state index is 3.99. The Hall–Kier alpha value is -1.23. The van der Waals surface area contributed by atoms with Crippen LogP contribution in [-0.2, 0) is 0 Å². The fraction of sp³-hybridized carbons (Fsp3) is 0. The maximum atomic E-state index is 3.99. The number of nitrogens with zero attached hydrogens (tertiary/aromatic N) is 3. The van der Waals surface area contributed by atoms with Gasteiger partial charge in [0.05, 0.1) is 5.69 Å². The lowest BCUT2D eigenvalue weighted by molar-refractivity contribution is 1.07. The van der Waals surface area contributed by atoms with Gasteiger partial charge in [0.15, 0.2) is 4.73 Å². The van der Waals surface area contributed by atoms with E-state index in [0.29, 0.717) is 4.73 Å². The van der Waals surface area contributed by atoms with Crippen molar-refractivity contribution < 1.29 is 0 Å². The molecule has 1 N–H and O–H groups in total. The Balaban J connectivity index is 2.43. The highest BCUT2D eigenvalue weighted by atomic mass is 79.9. The highest BCUT2D eigenvalue weighted by molar-refractivity contribution is 9.10. The van der Waals surface area contributed by atoms with Crippen LogP contribution < -0.4 is 0 Å². The molecule has 0 bridgehead atoms. The number of nitrogens with one attached hydrogen (secondary N) is 1. The smallest absolute Gasteiger partial charge is 0.196 e. The molecule has 5 heteroatoms. The second-order valence-electron chi connectivity index (χ2n) is 2.21. The minimum atomic E-state index is 0.589. The van der Waals surface area contributed by atoms with E-state index in [1.54, 1.807) is 18.6 Å². The van der Waals surface area contributed by atoms with Crippen molar-refractivity contribution in [2.24, 2.45) is 0 Å². The van der Waals surface area contributed by atoms with Crippen molar-refractivity contribution in [3.05, 3.63) is 29.4 Å². The SMILES string of the molecule is Brc1ncc(-c2ccn[nH]2)cn1. The summed E-state index contributed by atoms with van der Waals surface area (Å²) in [5, 5.41) is 6.66. The van der Waals surface area contributed by atoms with Crippen LogP contribution in [0.4, 0.5) is 0 Å². The van der Waals surface area contributed by atoms with Crippen LogP contribution in [0.25, 0.3) is 11.3 Å². The van der Waals surface area contributed by atoms with Gasteiger partial charge in [-0.1, -0.05) is 0 Å². The number of rotatable bonds is 1. The first-order chi connectivity index (χ1) is 5.86. The molecule has 0 unspecified atom stereocenters. The highest BCUT2D eigenvalue weighted by Crippen LogP contribution is 2.13. The third-order valence-corrected chi connectivity index (χ3v) is 1.84. The van der Waals surface area contributed by atoms with Gasteiger partial charge in [-0.2, -0.15) is 5.10 Å². The van der Waals surface area contributed by atoms with Crippen LogP contribution in [0.2, 0.25) is 0 Å². The van der Waals surface area contributed by atoms with E-state index in [1.807, 2.05) is 6.07 Å². The van der Waals surface area contributed by atoms with Gasteiger partial charge in [0.2, 0.25) is 0 Å². The zero-order valence-corrected chi connectivity index (χ0v) is 7.62. The number of halogens is 1. The average Bonchev–Trinajstić information content (AvgIpc) is 2.58. The van der Waals surface area contributed by atoms with Gasteiger partial charge in [-0.3, -0.25) is 5.10 Å². The molecule has 0 radical (unpaired) electrons. The number of H-pyrrole nitrogens is 1. The van der Waals surface area contributed by atoms with E-state index in [1.165, 1.54) is 0 Å². The van der Waals surface area contributed by atoms with Crippen LogP contribution in [-0.4, -0.2) is 20.2 Å². The summed E-state index contributed by atoms with van der Waals surface area (Å²) < 4.78 is 0.589. The van der Waals surface area contributed by atoms with Gasteiger partial charge in [0.1, 0.15) is 0 Å². The predicted octanol–water partition coefficient (Wildman–Crippen LogP) is 1.63. The van der Waals surface area contributed by atoms with Crippen LogP contribution in [0.15, 0.2) is 29.4 Å². The van der Waals surface area contributed by atoms with E-state index in [4.69, 9.17) is 0 Å². The molecule has 0 aliphatic carbocycles. The van der Waals surface area contributed by atoms with E-state index in [2.05, 4.69) is 36.1 Å². The summed E-state index contributed by atoms with van der Waals surface area (Å²) in [6.07, 6.45) is 5.15. The average molecular weight is 225 g/mol. The van der Waals surface area contributed by atoms with Crippen molar-refractivity contribution in [3.63, 3.8) is 0 Å². The lowest BCUT2D eigenvalue weighted by Gasteiger charge is -1.94. The predicted molar refractivity (Wildman–Crippen MR) is 47.3 cm³/mol. The first-order valence-corrected chi connectivity index (χ1v) is 4.13. The van der Waals surface area contributed by atoms with Crippen molar-refractivity contribution in [2.75, 3.05) is 0 Å². The third-order valence-electron chi connectivity index (χ3n) is 1.43. The third kappa shape index (κ3) is 1.35. The number of aromatic nitrogens is 4. The summed E-state index contributed by atoms with van der Waals surface area (Å²) in [6.45, 7) is 0. The zero-order chi connectivity index (χ0) is 8.39. The Morgan fingerprint density at radius 2 is 2.00 bits per heavy atom. The van der Waals surface area contributed by atoms with E-state index in [-0.39, 0.29) is 0 Å². The molecule has 12 heavy (non-hydrogen) atoms. The summed E-state index contributed by atoms with van der Waals surface area (Å²) in [6, 6.07) is 1.87. The van der Waals surface area contributed by atoms with Gasteiger partial charge >= 0.3 is 0 Å². The molecule has 0 aliphatic rings. The lowest BCUT2D eigenvalue weighted by Crippen LogP contribution is -1.84. The molecule has 0 saturated heterocycles. The van der Waals surface area contributed by atoms with Crippen molar-refractivity contribution in [1.29, 1.82) is 0 Å². The van der Waals surface area contributed by atoms with Crippen LogP contribution in [0.5, 0.6) is 0 Å². The number of hydrogen-bond acceptors (Lipinski definition) is 3. The topological polar surface area (TPSA) is 54.5 Å². The summed E-state index contributed by atoms with van der Waals surface area (Å²) >= 11 is 3.16. The molecule has 0 amide bonds. The molecule has 0 atom stereocenters. The van der Waals surface area contributed by atoms with Gasteiger partial charge in [0, 0.05) is 24.2 Å². The summed E-state index contributed by atoms with van der Waals surface area (Å²) in [5.74, 6) is 0. The zero-order valence-electron chi connectivity index (χ0n) is 6.03. The molecular weight excluding hydrogens is 220 g/mol. The van der Waals surface area contributed by atoms with Crippen molar-refractivity contribution in [1.82, 2.24) is 20.2 Å². The largest absolute Gasteiger partial charge is 0.278 e. The Morgan fingerprint density at radius 3 is 2.58 bits per heavy atom. The van der Waals surface area contributed by atoms with Crippen molar-refractivity contribution in [3.8, 4) is 11.3 Å². The summed E-state index contributed by atoms with van der Waals surface area (Å²) in [4.78, 5) is 7.99. The number of aromatic amines is 1. The van der Waals surface area contributed by atoms with Gasteiger partial charge in [-0.15, -0.1) is 0 Å². The molecule has 2 heterocycles. The van der Waals surface area contributed by atoms with Gasteiger partial charge in [0.25, 0.3) is 0 Å².